The number of furan rings is 6. The van der Waals surface area contributed by atoms with Crippen molar-refractivity contribution in [3.05, 3.63) is 229 Å². The van der Waals surface area contributed by atoms with E-state index in [9.17, 15) is 0 Å². The predicted octanol–water partition coefficient (Wildman–Crippen LogP) is 17.0. The van der Waals surface area contributed by atoms with Crippen LogP contribution in [0.25, 0.3) is 123 Å². The van der Waals surface area contributed by atoms with Crippen LogP contribution in [0.15, 0.2) is 221 Å². The van der Waals surface area contributed by atoms with Crippen molar-refractivity contribution in [1.82, 2.24) is 19.1 Å². The smallest absolute Gasteiger partial charge is 0.180 e. The number of rotatable bonds is 10. The highest BCUT2D eigenvalue weighted by molar-refractivity contribution is 6.13. The van der Waals surface area contributed by atoms with E-state index in [2.05, 4.69) is 156 Å². The Morgan fingerprint density at radius 2 is 0.824 bits per heavy atom. The summed E-state index contributed by atoms with van der Waals surface area (Å²) in [5.41, 5.74) is 13.1. The SMILES string of the molecule is Cc1ccc(-c2nccn2-c2cccc3c2oc2c(-c4cccc(Cc5cc6cc7oc(Cc8cccc(-c9cccc%10c9oc9c(-n%11ccnc%11-c%11ccc(C)o%11)cccc9%10)c8)cc7cc6o5)c4)cccc23)o1. The minimum atomic E-state index is 0.626. The molecule has 0 radical (unpaired) electrons. The normalized spacial score (nSPS) is 12.0. The standard InChI is InChI=1S/C64H42N4O6/c1-37-21-23-55(69-37)63-65-25-27-67(63)53-19-7-17-51-49-15-5-13-47(59(49)73-61(51)53)41-11-3-9-39(29-41)31-45-33-43-35-58-44(36-57(43)71-45)34-46(72-58)32-40-10-4-12-42(30-40)48-14-6-16-50-52-18-8-20-54(62(52)74-60(48)50)68-28-26-66-64(68)56-24-22-38(2)70-56/h3-30,33-36H,31-32H2,1-2H3. The molecule has 7 aromatic carbocycles. The van der Waals surface area contributed by atoms with Gasteiger partial charge >= 0.3 is 0 Å². The van der Waals surface area contributed by atoms with E-state index < -0.39 is 0 Å². The van der Waals surface area contributed by atoms with Crippen molar-refractivity contribution in [1.29, 1.82) is 0 Å². The minimum Gasteiger partial charge on any atom is -0.461 e. The van der Waals surface area contributed by atoms with Crippen LogP contribution in [-0.2, 0) is 12.8 Å². The lowest BCUT2D eigenvalue weighted by Gasteiger charge is -2.07. The van der Waals surface area contributed by atoms with E-state index in [1.165, 1.54) is 0 Å². The number of nitrogens with zero attached hydrogens (tertiary/aromatic N) is 4. The Labute approximate surface area is 421 Å². The van der Waals surface area contributed by atoms with Crippen LogP contribution < -0.4 is 0 Å². The first-order chi connectivity index (χ1) is 36.4. The van der Waals surface area contributed by atoms with Crippen LogP contribution >= 0.6 is 0 Å². The summed E-state index contributed by atoms with van der Waals surface area (Å²) in [6.07, 6.45) is 8.71. The molecule has 10 nitrogen and oxygen atoms in total. The van der Waals surface area contributed by atoms with Crippen molar-refractivity contribution in [2.24, 2.45) is 0 Å². The fourth-order valence-corrected chi connectivity index (χ4v) is 10.9. The zero-order valence-corrected chi connectivity index (χ0v) is 40.1. The predicted molar refractivity (Wildman–Crippen MR) is 289 cm³/mol. The quantitative estimate of drug-likeness (QED) is 0.133. The van der Waals surface area contributed by atoms with E-state index in [0.717, 1.165) is 145 Å². The second kappa shape index (κ2) is 16.4. The van der Waals surface area contributed by atoms with Gasteiger partial charge in [0, 0.05) is 81.1 Å². The van der Waals surface area contributed by atoms with Gasteiger partial charge < -0.3 is 26.5 Å². The maximum Gasteiger partial charge on any atom is 0.180 e. The first kappa shape index (κ1) is 41.9. The molecule has 0 amide bonds. The van der Waals surface area contributed by atoms with Gasteiger partial charge in [-0.2, -0.15) is 0 Å². The van der Waals surface area contributed by atoms with Gasteiger partial charge in [-0.3, -0.25) is 9.13 Å². The molecule has 0 bridgehead atoms. The maximum absolute atomic E-state index is 6.82. The molecule has 74 heavy (non-hydrogen) atoms. The van der Waals surface area contributed by atoms with Gasteiger partial charge in [-0.25, -0.2) is 9.97 Å². The van der Waals surface area contributed by atoms with Crippen LogP contribution in [0.3, 0.4) is 0 Å². The highest BCUT2D eigenvalue weighted by Gasteiger charge is 2.22. The highest BCUT2D eigenvalue weighted by Crippen LogP contribution is 2.42. The highest BCUT2D eigenvalue weighted by atomic mass is 16.4. The van der Waals surface area contributed by atoms with E-state index >= 15 is 0 Å². The van der Waals surface area contributed by atoms with Crippen LogP contribution in [0.5, 0.6) is 0 Å². The van der Waals surface area contributed by atoms with E-state index in [0.29, 0.717) is 24.4 Å². The second-order valence-electron chi connectivity index (χ2n) is 19.0. The van der Waals surface area contributed by atoms with Crippen molar-refractivity contribution in [3.8, 4) is 56.8 Å². The summed E-state index contributed by atoms with van der Waals surface area (Å²) in [6.45, 7) is 3.87. The number of benzene rings is 7. The van der Waals surface area contributed by atoms with Crippen LogP contribution in [0.1, 0.15) is 34.2 Å². The number of aromatic nitrogens is 4. The summed E-state index contributed by atoms with van der Waals surface area (Å²) >= 11 is 0. The Bertz CT molecular complexity index is 4330. The Kier molecular flexibility index (Phi) is 9.28. The fourth-order valence-electron chi connectivity index (χ4n) is 10.9. The molecule has 15 aromatic rings. The lowest BCUT2D eigenvalue weighted by molar-refractivity contribution is 0.542. The molecule has 0 atom stereocenters. The Hall–Kier alpha value is -9.80. The lowest BCUT2D eigenvalue weighted by atomic mass is 9.99. The Morgan fingerprint density at radius 1 is 0.392 bits per heavy atom. The van der Waals surface area contributed by atoms with E-state index in [4.69, 9.17) is 26.5 Å². The number of hydrogen-bond donors (Lipinski definition) is 0. The minimum absolute atomic E-state index is 0.626. The molecule has 15 rings (SSSR count). The Balaban J connectivity index is 0.692. The van der Waals surface area contributed by atoms with Gasteiger partial charge in [0.1, 0.15) is 45.4 Å². The molecule has 0 fully saturated rings. The van der Waals surface area contributed by atoms with Crippen molar-refractivity contribution in [3.63, 3.8) is 0 Å². The molecule has 0 aliphatic rings. The number of hydrogen-bond acceptors (Lipinski definition) is 8. The summed E-state index contributed by atoms with van der Waals surface area (Å²) in [7, 11) is 0. The molecule has 0 saturated carbocycles. The fraction of sp³-hybridized carbons (Fsp3) is 0.0625. The first-order valence-electron chi connectivity index (χ1n) is 24.7. The molecule has 0 unspecified atom stereocenters. The summed E-state index contributed by atoms with van der Waals surface area (Å²) in [4.78, 5) is 9.27. The van der Waals surface area contributed by atoms with Crippen molar-refractivity contribution in [2.45, 2.75) is 26.7 Å². The van der Waals surface area contributed by atoms with Gasteiger partial charge in [-0.15, -0.1) is 0 Å². The number of fused-ring (bicyclic) bond motifs is 8. The van der Waals surface area contributed by atoms with Crippen LogP contribution in [0.2, 0.25) is 0 Å². The largest absolute Gasteiger partial charge is 0.461 e. The van der Waals surface area contributed by atoms with Crippen LogP contribution in [0, 0.1) is 13.8 Å². The summed E-state index contributed by atoms with van der Waals surface area (Å²) in [6, 6.07) is 58.6. The molecule has 0 spiro atoms. The van der Waals surface area contributed by atoms with Crippen LogP contribution in [-0.4, -0.2) is 19.1 Å². The third kappa shape index (κ3) is 6.87. The van der Waals surface area contributed by atoms with Gasteiger partial charge in [0.25, 0.3) is 0 Å². The maximum atomic E-state index is 6.82. The topological polar surface area (TPSA) is 114 Å². The zero-order chi connectivity index (χ0) is 49.0. The summed E-state index contributed by atoms with van der Waals surface area (Å²) in [5.74, 6) is 6.26. The molecule has 0 N–H and O–H groups in total. The van der Waals surface area contributed by atoms with Gasteiger partial charge in [-0.1, -0.05) is 109 Å². The number of para-hydroxylation sites is 4. The molecule has 0 saturated heterocycles. The third-order valence-electron chi connectivity index (χ3n) is 14.2. The van der Waals surface area contributed by atoms with E-state index in [-0.39, 0.29) is 0 Å². The van der Waals surface area contributed by atoms with Gasteiger partial charge in [-0.05, 0) is 96.8 Å². The summed E-state index contributed by atoms with van der Waals surface area (Å²) in [5, 5.41) is 6.17. The van der Waals surface area contributed by atoms with E-state index in [1.807, 2.05) is 59.6 Å². The van der Waals surface area contributed by atoms with Gasteiger partial charge in [0.15, 0.2) is 34.3 Å². The van der Waals surface area contributed by atoms with E-state index in [1.54, 1.807) is 12.4 Å². The lowest BCUT2D eigenvalue weighted by Crippen LogP contribution is -1.95. The molecule has 0 aliphatic heterocycles. The average molecular weight is 963 g/mol. The molecule has 8 aromatic heterocycles. The summed E-state index contributed by atoms with van der Waals surface area (Å²) < 4.78 is 42.7. The van der Waals surface area contributed by atoms with Crippen LogP contribution in [0.4, 0.5) is 0 Å². The first-order valence-corrected chi connectivity index (χ1v) is 24.7. The van der Waals surface area contributed by atoms with Gasteiger partial charge in [0.2, 0.25) is 0 Å². The molecule has 8 heterocycles. The number of imidazole rings is 2. The van der Waals surface area contributed by atoms with Crippen molar-refractivity contribution >= 4 is 65.8 Å². The third-order valence-corrected chi connectivity index (χ3v) is 14.2. The monoisotopic (exact) mass is 962 g/mol. The molecular formula is C64H42N4O6. The zero-order valence-electron chi connectivity index (χ0n) is 40.1. The molecular weight excluding hydrogens is 921 g/mol. The molecule has 0 aliphatic carbocycles. The Morgan fingerprint density at radius 3 is 1.27 bits per heavy atom. The molecule has 354 valence electrons. The number of aryl methyl sites for hydroxylation is 2. The second-order valence-corrected chi connectivity index (χ2v) is 19.0. The average Bonchev–Trinajstić information content (AvgIpc) is 4.29. The van der Waals surface area contributed by atoms with Crippen molar-refractivity contribution in [2.75, 3.05) is 0 Å². The molecule has 10 heteroatoms. The van der Waals surface area contributed by atoms with Crippen molar-refractivity contribution < 1.29 is 26.5 Å². The van der Waals surface area contributed by atoms with Gasteiger partial charge in [0.05, 0.1) is 11.4 Å².